The molecule has 6 nitrogen and oxygen atoms in total. The van der Waals surface area contributed by atoms with Gasteiger partial charge >= 0.3 is 0 Å². The van der Waals surface area contributed by atoms with Crippen LogP contribution in [-0.2, 0) is 10.2 Å². The van der Waals surface area contributed by atoms with Crippen LogP contribution in [-0.4, -0.2) is 52.0 Å². The van der Waals surface area contributed by atoms with E-state index >= 15 is 0 Å². The lowest BCUT2D eigenvalue weighted by Gasteiger charge is -2.21. The second-order valence-electron chi connectivity index (χ2n) is 8.14. The van der Waals surface area contributed by atoms with Crippen molar-refractivity contribution in [2.75, 3.05) is 46.5 Å². The van der Waals surface area contributed by atoms with E-state index < -0.39 is 0 Å². The van der Waals surface area contributed by atoms with E-state index in [4.69, 9.17) is 14.2 Å². The van der Waals surface area contributed by atoms with Gasteiger partial charge in [-0.15, -0.1) is 0 Å². The van der Waals surface area contributed by atoms with E-state index in [2.05, 4.69) is 31.0 Å². The molecule has 0 bridgehead atoms. The first-order chi connectivity index (χ1) is 13.7. The molecule has 0 unspecified atom stereocenters. The summed E-state index contributed by atoms with van der Waals surface area (Å²) in [6.07, 6.45) is 0. The van der Waals surface area contributed by atoms with Crippen LogP contribution in [0.5, 0.6) is 11.5 Å². The van der Waals surface area contributed by atoms with E-state index in [9.17, 15) is 4.79 Å². The number of hydrogen-bond acceptors (Lipinski definition) is 5. The van der Waals surface area contributed by atoms with Crippen LogP contribution in [0.2, 0.25) is 0 Å². The van der Waals surface area contributed by atoms with Gasteiger partial charge in [0, 0.05) is 19.2 Å². The quantitative estimate of drug-likeness (QED) is 0.641. The highest BCUT2D eigenvalue weighted by molar-refractivity contribution is 6.05. The molecule has 0 fully saturated rings. The van der Waals surface area contributed by atoms with Gasteiger partial charge in [0.1, 0.15) is 18.1 Å². The zero-order chi connectivity index (χ0) is 21.4. The lowest BCUT2D eigenvalue weighted by molar-refractivity contribution is 0.0515. The van der Waals surface area contributed by atoms with E-state index in [1.54, 1.807) is 31.4 Å². The van der Waals surface area contributed by atoms with Gasteiger partial charge in [-0.2, -0.15) is 0 Å². The number of carbonyl (C=O) groups excluding carboxylic acids is 1. The number of methoxy groups -OCH3 is 1. The number of anilines is 1. The van der Waals surface area contributed by atoms with Crippen molar-refractivity contribution in [1.29, 1.82) is 0 Å². The van der Waals surface area contributed by atoms with E-state index in [0.717, 1.165) is 17.9 Å². The minimum absolute atomic E-state index is 0.0508. The van der Waals surface area contributed by atoms with Crippen LogP contribution in [0.1, 0.15) is 36.7 Å². The van der Waals surface area contributed by atoms with Crippen molar-refractivity contribution in [3.05, 3.63) is 53.6 Å². The maximum Gasteiger partial charge on any atom is 0.255 e. The number of ether oxygens (including phenoxy) is 3. The Morgan fingerprint density at radius 1 is 1.03 bits per heavy atom. The van der Waals surface area contributed by atoms with Crippen LogP contribution in [0, 0.1) is 0 Å². The number of hydrogen-bond donors (Lipinski definition) is 1. The van der Waals surface area contributed by atoms with Gasteiger partial charge in [0.05, 0.1) is 5.69 Å². The highest BCUT2D eigenvalue weighted by Crippen LogP contribution is 2.32. The average molecular weight is 401 g/mol. The molecule has 29 heavy (non-hydrogen) atoms. The van der Waals surface area contributed by atoms with Gasteiger partial charge in [0.25, 0.3) is 5.91 Å². The number of likely N-dealkylation sites (N-methyl/N-ethyl adjacent to an activating group) is 1. The van der Waals surface area contributed by atoms with Crippen LogP contribution in [0.25, 0.3) is 0 Å². The third kappa shape index (κ3) is 7.07. The Labute approximate surface area is 173 Å². The van der Waals surface area contributed by atoms with Gasteiger partial charge in [0.15, 0.2) is 6.79 Å². The second kappa shape index (κ2) is 10.3. The van der Waals surface area contributed by atoms with E-state index in [1.165, 1.54) is 0 Å². The molecule has 0 saturated heterocycles. The molecule has 0 heterocycles. The van der Waals surface area contributed by atoms with Crippen LogP contribution < -0.4 is 14.8 Å². The fourth-order valence-corrected chi connectivity index (χ4v) is 2.59. The lowest BCUT2D eigenvalue weighted by Crippen LogP contribution is -2.19. The summed E-state index contributed by atoms with van der Waals surface area (Å²) in [5.41, 5.74) is 2.21. The van der Waals surface area contributed by atoms with Crippen LogP contribution >= 0.6 is 0 Å². The molecule has 0 spiro atoms. The molecule has 158 valence electrons. The zero-order valence-electron chi connectivity index (χ0n) is 18.2. The van der Waals surface area contributed by atoms with Gasteiger partial charge in [-0.05, 0) is 61.5 Å². The standard InChI is InChI=1S/C23H32N2O4/c1-23(2,3)18-9-12-21(29-16-27-6)20(15-18)24-22(26)17-7-10-19(11-8-17)28-14-13-25(4)5/h7-12,15H,13-14,16H2,1-6H3,(H,24,26). The Morgan fingerprint density at radius 2 is 1.72 bits per heavy atom. The van der Waals surface area contributed by atoms with Crippen molar-refractivity contribution in [2.24, 2.45) is 0 Å². The number of rotatable bonds is 9. The van der Waals surface area contributed by atoms with Crippen LogP contribution in [0.15, 0.2) is 42.5 Å². The number of carbonyl (C=O) groups is 1. The van der Waals surface area contributed by atoms with Crippen molar-refractivity contribution < 1.29 is 19.0 Å². The van der Waals surface area contributed by atoms with Crippen molar-refractivity contribution in [3.63, 3.8) is 0 Å². The summed E-state index contributed by atoms with van der Waals surface area (Å²) in [5.74, 6) is 1.09. The minimum Gasteiger partial charge on any atom is -0.492 e. The van der Waals surface area contributed by atoms with Crippen molar-refractivity contribution in [3.8, 4) is 11.5 Å². The molecule has 0 saturated carbocycles. The average Bonchev–Trinajstić information content (AvgIpc) is 2.66. The Hall–Kier alpha value is -2.57. The second-order valence-corrected chi connectivity index (χ2v) is 8.14. The highest BCUT2D eigenvalue weighted by Gasteiger charge is 2.18. The first kappa shape index (κ1) is 22.7. The largest absolute Gasteiger partial charge is 0.492 e. The first-order valence-electron chi connectivity index (χ1n) is 9.66. The summed E-state index contributed by atoms with van der Waals surface area (Å²) >= 11 is 0. The molecule has 6 heteroatoms. The summed E-state index contributed by atoms with van der Waals surface area (Å²) in [6.45, 7) is 7.90. The predicted octanol–water partition coefficient (Wildman–Crippen LogP) is 4.16. The van der Waals surface area contributed by atoms with E-state index in [-0.39, 0.29) is 18.1 Å². The van der Waals surface area contributed by atoms with E-state index in [0.29, 0.717) is 23.6 Å². The Bertz CT molecular complexity index is 796. The molecule has 0 aliphatic rings. The van der Waals surface area contributed by atoms with Crippen LogP contribution in [0.3, 0.4) is 0 Å². The van der Waals surface area contributed by atoms with Crippen LogP contribution in [0.4, 0.5) is 5.69 Å². The molecule has 1 N–H and O–H groups in total. The monoisotopic (exact) mass is 400 g/mol. The summed E-state index contributed by atoms with van der Waals surface area (Å²) in [6, 6.07) is 12.9. The van der Waals surface area contributed by atoms with Gasteiger partial charge in [-0.1, -0.05) is 26.8 Å². The molecule has 0 aliphatic heterocycles. The van der Waals surface area contributed by atoms with Crippen molar-refractivity contribution in [1.82, 2.24) is 4.90 Å². The summed E-state index contributed by atoms with van der Waals surface area (Å²) in [7, 11) is 5.55. The molecule has 2 rings (SSSR count). The maximum atomic E-state index is 12.8. The van der Waals surface area contributed by atoms with Gasteiger partial charge in [0.2, 0.25) is 0 Å². The highest BCUT2D eigenvalue weighted by atomic mass is 16.7. The number of nitrogens with one attached hydrogen (secondary N) is 1. The maximum absolute atomic E-state index is 12.8. The molecule has 1 amide bonds. The summed E-state index contributed by atoms with van der Waals surface area (Å²) in [4.78, 5) is 14.8. The molecule has 0 atom stereocenters. The Kier molecular flexibility index (Phi) is 8.05. The normalized spacial score (nSPS) is 11.4. The Morgan fingerprint density at radius 3 is 2.31 bits per heavy atom. The zero-order valence-corrected chi connectivity index (χ0v) is 18.2. The summed E-state index contributed by atoms with van der Waals surface area (Å²) in [5, 5.41) is 2.96. The minimum atomic E-state index is -0.210. The molecule has 0 radical (unpaired) electrons. The first-order valence-corrected chi connectivity index (χ1v) is 9.66. The van der Waals surface area contributed by atoms with Crippen molar-refractivity contribution >= 4 is 11.6 Å². The topological polar surface area (TPSA) is 60.0 Å². The van der Waals surface area contributed by atoms with E-state index in [1.807, 2.05) is 32.3 Å². The van der Waals surface area contributed by atoms with Crippen molar-refractivity contribution in [2.45, 2.75) is 26.2 Å². The Balaban J connectivity index is 2.13. The molecule has 2 aromatic carbocycles. The third-order valence-electron chi connectivity index (χ3n) is 4.35. The smallest absolute Gasteiger partial charge is 0.255 e. The molecule has 0 aliphatic carbocycles. The summed E-state index contributed by atoms with van der Waals surface area (Å²) < 4.78 is 16.3. The number of nitrogens with zero attached hydrogens (tertiary/aromatic N) is 1. The molecular weight excluding hydrogens is 368 g/mol. The molecular formula is C23H32N2O4. The third-order valence-corrected chi connectivity index (χ3v) is 4.35. The SMILES string of the molecule is COCOc1ccc(C(C)(C)C)cc1NC(=O)c1ccc(OCCN(C)C)cc1. The van der Waals surface area contributed by atoms with Gasteiger partial charge < -0.3 is 24.4 Å². The molecule has 2 aromatic rings. The lowest BCUT2D eigenvalue weighted by atomic mass is 9.87. The number of benzene rings is 2. The van der Waals surface area contributed by atoms with Gasteiger partial charge in [-0.3, -0.25) is 4.79 Å². The fraction of sp³-hybridized carbons (Fsp3) is 0.435. The predicted molar refractivity (Wildman–Crippen MR) is 116 cm³/mol. The van der Waals surface area contributed by atoms with Gasteiger partial charge in [-0.25, -0.2) is 0 Å². The number of amides is 1. The fourth-order valence-electron chi connectivity index (χ4n) is 2.59. The molecule has 0 aromatic heterocycles.